The van der Waals surface area contributed by atoms with Crippen LogP contribution in [0.15, 0.2) is 59.8 Å². The minimum atomic E-state index is -3.35. The SMILES string of the molecule is C[C@@H]1COCCN1c1cc(-c2ccnc3[nH]ccc23)nc(-c2cccc(S(C)(=O)=O)c2)n1. The maximum atomic E-state index is 12.1. The van der Waals surface area contributed by atoms with E-state index in [-0.39, 0.29) is 10.9 Å². The van der Waals surface area contributed by atoms with Crippen molar-refractivity contribution in [1.82, 2.24) is 19.9 Å². The van der Waals surface area contributed by atoms with Gasteiger partial charge in [-0.25, -0.2) is 23.4 Å². The van der Waals surface area contributed by atoms with Crippen molar-refractivity contribution < 1.29 is 13.2 Å². The summed E-state index contributed by atoms with van der Waals surface area (Å²) in [6, 6.07) is 12.8. The number of pyridine rings is 1. The molecule has 164 valence electrons. The Hall–Kier alpha value is -3.30. The molecule has 1 aliphatic heterocycles. The van der Waals surface area contributed by atoms with Crippen molar-refractivity contribution in [2.24, 2.45) is 0 Å². The number of ether oxygens (including phenoxy) is 1. The second-order valence-corrected chi connectivity index (χ2v) is 9.97. The van der Waals surface area contributed by atoms with Crippen molar-refractivity contribution in [3.63, 3.8) is 0 Å². The first-order chi connectivity index (χ1) is 15.4. The highest BCUT2D eigenvalue weighted by molar-refractivity contribution is 7.90. The van der Waals surface area contributed by atoms with Gasteiger partial charge in [0.15, 0.2) is 15.7 Å². The van der Waals surface area contributed by atoms with E-state index in [1.165, 1.54) is 6.26 Å². The Labute approximate surface area is 186 Å². The Morgan fingerprint density at radius 3 is 2.84 bits per heavy atom. The number of hydrogen-bond acceptors (Lipinski definition) is 7. The topological polar surface area (TPSA) is 101 Å². The average molecular weight is 450 g/mol. The molecule has 1 fully saturated rings. The first-order valence-corrected chi connectivity index (χ1v) is 12.3. The van der Waals surface area contributed by atoms with Crippen molar-refractivity contribution in [1.29, 1.82) is 0 Å². The summed E-state index contributed by atoms with van der Waals surface area (Å²) < 4.78 is 29.8. The molecule has 0 spiro atoms. The largest absolute Gasteiger partial charge is 0.377 e. The van der Waals surface area contributed by atoms with Crippen LogP contribution in [0.25, 0.3) is 33.7 Å². The highest BCUT2D eigenvalue weighted by atomic mass is 32.2. The van der Waals surface area contributed by atoms with E-state index < -0.39 is 9.84 Å². The van der Waals surface area contributed by atoms with E-state index in [1.54, 1.807) is 24.4 Å². The fraction of sp³-hybridized carbons (Fsp3) is 0.261. The number of aromatic amines is 1. The van der Waals surface area contributed by atoms with Crippen LogP contribution < -0.4 is 4.90 Å². The van der Waals surface area contributed by atoms with Crippen LogP contribution in [0.2, 0.25) is 0 Å². The van der Waals surface area contributed by atoms with Gasteiger partial charge in [-0.1, -0.05) is 12.1 Å². The maximum Gasteiger partial charge on any atom is 0.175 e. The van der Waals surface area contributed by atoms with Gasteiger partial charge in [-0.3, -0.25) is 0 Å². The molecule has 0 saturated carbocycles. The van der Waals surface area contributed by atoms with Crippen molar-refractivity contribution in [3.8, 4) is 22.6 Å². The predicted molar refractivity (Wildman–Crippen MR) is 123 cm³/mol. The summed E-state index contributed by atoms with van der Waals surface area (Å²) >= 11 is 0. The number of aromatic nitrogens is 4. The zero-order valence-electron chi connectivity index (χ0n) is 17.8. The van der Waals surface area contributed by atoms with Crippen molar-refractivity contribution in [2.75, 3.05) is 30.9 Å². The molecule has 8 nitrogen and oxygen atoms in total. The van der Waals surface area contributed by atoms with Gasteiger partial charge < -0.3 is 14.6 Å². The van der Waals surface area contributed by atoms with Crippen molar-refractivity contribution in [2.45, 2.75) is 17.9 Å². The molecule has 0 bridgehead atoms. The van der Waals surface area contributed by atoms with Gasteiger partial charge in [-0.05, 0) is 31.2 Å². The third kappa shape index (κ3) is 3.85. The Morgan fingerprint density at radius 2 is 2.03 bits per heavy atom. The van der Waals surface area contributed by atoms with Crippen molar-refractivity contribution >= 4 is 26.7 Å². The molecular formula is C23H23N5O3S. The molecule has 9 heteroatoms. The van der Waals surface area contributed by atoms with Crippen LogP contribution in [0.5, 0.6) is 0 Å². The number of fused-ring (bicyclic) bond motifs is 1. The molecule has 0 amide bonds. The van der Waals surface area contributed by atoms with E-state index in [1.807, 2.05) is 30.5 Å². The van der Waals surface area contributed by atoms with Gasteiger partial charge in [0.25, 0.3) is 0 Å². The van der Waals surface area contributed by atoms with E-state index >= 15 is 0 Å². The van der Waals surface area contributed by atoms with Gasteiger partial charge >= 0.3 is 0 Å². The van der Waals surface area contributed by atoms with Crippen LogP contribution in [-0.2, 0) is 14.6 Å². The molecule has 1 N–H and O–H groups in total. The lowest BCUT2D eigenvalue weighted by molar-refractivity contribution is 0.0985. The molecule has 1 atom stereocenters. The Morgan fingerprint density at radius 1 is 1.16 bits per heavy atom. The first-order valence-electron chi connectivity index (χ1n) is 10.4. The monoisotopic (exact) mass is 449 g/mol. The third-order valence-corrected chi connectivity index (χ3v) is 6.74. The highest BCUT2D eigenvalue weighted by Crippen LogP contribution is 2.31. The molecular weight excluding hydrogens is 426 g/mol. The summed E-state index contributed by atoms with van der Waals surface area (Å²) in [6.07, 6.45) is 4.80. The van der Waals surface area contributed by atoms with Crippen molar-refractivity contribution in [3.05, 3.63) is 54.9 Å². The molecule has 1 aromatic carbocycles. The second-order valence-electron chi connectivity index (χ2n) is 7.95. The number of anilines is 1. The van der Waals surface area contributed by atoms with Crippen LogP contribution >= 0.6 is 0 Å². The number of sulfone groups is 1. The van der Waals surface area contributed by atoms with E-state index in [4.69, 9.17) is 14.7 Å². The highest BCUT2D eigenvalue weighted by Gasteiger charge is 2.23. The van der Waals surface area contributed by atoms with E-state index in [2.05, 4.69) is 21.8 Å². The minimum Gasteiger partial charge on any atom is -0.377 e. The summed E-state index contributed by atoms with van der Waals surface area (Å²) in [5.41, 5.74) is 3.11. The van der Waals surface area contributed by atoms with Crippen LogP contribution in [0, 0.1) is 0 Å². The Balaban J connectivity index is 1.71. The second kappa shape index (κ2) is 7.99. The molecule has 5 rings (SSSR count). The zero-order valence-corrected chi connectivity index (χ0v) is 18.6. The first kappa shape index (κ1) is 20.6. The van der Waals surface area contributed by atoms with Crippen LogP contribution in [-0.4, -0.2) is 60.4 Å². The van der Waals surface area contributed by atoms with Gasteiger partial charge in [0.05, 0.1) is 29.8 Å². The summed E-state index contributed by atoms with van der Waals surface area (Å²) in [5.74, 6) is 1.26. The lowest BCUT2D eigenvalue weighted by Gasteiger charge is -2.34. The molecule has 1 aliphatic rings. The number of benzene rings is 1. The van der Waals surface area contributed by atoms with Gasteiger partial charge in [0.1, 0.15) is 11.5 Å². The molecule has 32 heavy (non-hydrogen) atoms. The fourth-order valence-electron chi connectivity index (χ4n) is 3.97. The average Bonchev–Trinajstić information content (AvgIpc) is 3.28. The van der Waals surface area contributed by atoms with Crippen LogP contribution in [0.4, 0.5) is 5.82 Å². The Bertz CT molecular complexity index is 1400. The van der Waals surface area contributed by atoms with Gasteiger partial charge in [-0.2, -0.15) is 0 Å². The molecule has 0 aliphatic carbocycles. The van der Waals surface area contributed by atoms with Crippen LogP contribution in [0.1, 0.15) is 6.92 Å². The molecule has 4 heterocycles. The number of rotatable bonds is 4. The van der Waals surface area contributed by atoms with E-state index in [0.717, 1.165) is 34.7 Å². The van der Waals surface area contributed by atoms with E-state index in [0.29, 0.717) is 24.6 Å². The van der Waals surface area contributed by atoms with Gasteiger partial charge in [0.2, 0.25) is 0 Å². The van der Waals surface area contributed by atoms with Gasteiger partial charge in [0, 0.05) is 47.8 Å². The summed E-state index contributed by atoms with van der Waals surface area (Å²) in [6.45, 7) is 4.06. The normalized spacial score (nSPS) is 17.1. The molecule has 4 aromatic rings. The summed E-state index contributed by atoms with van der Waals surface area (Å²) in [7, 11) is -3.35. The Kier molecular flexibility index (Phi) is 5.15. The smallest absolute Gasteiger partial charge is 0.175 e. The summed E-state index contributed by atoms with van der Waals surface area (Å²) in [4.78, 5) is 19.6. The molecule has 1 saturated heterocycles. The molecule has 0 radical (unpaired) electrons. The lowest BCUT2D eigenvalue weighted by atomic mass is 10.1. The number of morpholine rings is 1. The zero-order chi connectivity index (χ0) is 22.3. The van der Waals surface area contributed by atoms with Gasteiger partial charge in [-0.15, -0.1) is 0 Å². The lowest BCUT2D eigenvalue weighted by Crippen LogP contribution is -2.44. The summed E-state index contributed by atoms with van der Waals surface area (Å²) in [5, 5.41) is 0.961. The third-order valence-electron chi connectivity index (χ3n) is 5.63. The quantitative estimate of drug-likeness (QED) is 0.510. The maximum absolute atomic E-state index is 12.1. The number of hydrogen-bond donors (Lipinski definition) is 1. The van der Waals surface area contributed by atoms with E-state index in [9.17, 15) is 8.42 Å². The van der Waals surface area contributed by atoms with Crippen LogP contribution in [0.3, 0.4) is 0 Å². The molecule has 0 unspecified atom stereocenters. The number of nitrogens with zero attached hydrogens (tertiary/aromatic N) is 4. The number of H-pyrrole nitrogens is 1. The fourth-order valence-corrected chi connectivity index (χ4v) is 4.63. The minimum absolute atomic E-state index is 0.159. The predicted octanol–water partition coefficient (Wildman–Crippen LogP) is 3.32. The number of nitrogens with one attached hydrogen (secondary N) is 1. The molecule has 3 aromatic heterocycles. The standard InChI is InChI=1S/C23H23N5O3S/c1-15-14-31-11-10-28(15)21-13-20(18-6-8-24-23-19(18)7-9-25-23)26-22(27-21)16-4-3-5-17(12-16)32(2,29)30/h3-9,12-13,15H,10-11,14H2,1-2H3,(H,24,25)/t15-/m1/s1.